The molecular formula is C31H25N. The van der Waals surface area contributed by atoms with Crippen LogP contribution in [0.1, 0.15) is 11.1 Å². The van der Waals surface area contributed by atoms with Crippen LogP contribution in [0, 0.1) is 13.8 Å². The molecule has 0 saturated heterocycles. The normalized spacial score (nSPS) is 10.8. The van der Waals surface area contributed by atoms with Gasteiger partial charge in [-0.05, 0) is 53.8 Å². The fourth-order valence-corrected chi connectivity index (χ4v) is 4.16. The second-order valence-electron chi connectivity index (χ2n) is 8.21. The molecule has 0 aliphatic heterocycles. The standard InChI is InChI=1S/C31H25N/c1-22-16-18-26(19-17-22)31-23(2)29(21-30(32-31)25-12-7-4-8-13-25)28-15-9-14-27(20-28)24-10-5-3-6-11-24/h3-21H,1-2H3. The summed E-state index contributed by atoms with van der Waals surface area (Å²) < 4.78 is 0. The van der Waals surface area contributed by atoms with Gasteiger partial charge in [0, 0.05) is 11.1 Å². The Morgan fingerprint density at radius 1 is 0.469 bits per heavy atom. The van der Waals surface area contributed by atoms with Crippen LogP contribution in [0.25, 0.3) is 44.8 Å². The van der Waals surface area contributed by atoms with E-state index in [1.54, 1.807) is 0 Å². The molecule has 1 nitrogen and oxygen atoms in total. The number of hydrogen-bond acceptors (Lipinski definition) is 1. The summed E-state index contributed by atoms with van der Waals surface area (Å²) in [4.78, 5) is 5.11. The van der Waals surface area contributed by atoms with Crippen molar-refractivity contribution in [3.05, 3.63) is 126 Å². The summed E-state index contributed by atoms with van der Waals surface area (Å²) in [6.07, 6.45) is 0. The van der Waals surface area contributed by atoms with E-state index in [0.29, 0.717) is 0 Å². The number of hydrogen-bond donors (Lipinski definition) is 0. The number of aryl methyl sites for hydroxylation is 1. The van der Waals surface area contributed by atoms with Crippen LogP contribution >= 0.6 is 0 Å². The Labute approximate surface area is 190 Å². The maximum atomic E-state index is 5.11. The molecule has 5 rings (SSSR count). The van der Waals surface area contributed by atoms with Crippen molar-refractivity contribution in [1.29, 1.82) is 0 Å². The molecule has 0 spiro atoms. The van der Waals surface area contributed by atoms with Crippen LogP contribution in [0.15, 0.2) is 115 Å². The van der Waals surface area contributed by atoms with Gasteiger partial charge in [0.05, 0.1) is 11.4 Å². The topological polar surface area (TPSA) is 12.9 Å². The van der Waals surface area contributed by atoms with E-state index in [1.165, 1.54) is 33.4 Å². The molecule has 0 unspecified atom stereocenters. The average molecular weight is 412 g/mol. The highest BCUT2D eigenvalue weighted by molar-refractivity contribution is 5.82. The lowest BCUT2D eigenvalue weighted by molar-refractivity contribution is 1.27. The first-order valence-electron chi connectivity index (χ1n) is 11.0. The van der Waals surface area contributed by atoms with E-state index in [9.17, 15) is 0 Å². The van der Waals surface area contributed by atoms with Crippen LogP contribution in [-0.2, 0) is 0 Å². The smallest absolute Gasteiger partial charge is 0.0744 e. The first kappa shape index (κ1) is 20.0. The van der Waals surface area contributed by atoms with E-state index in [0.717, 1.165) is 22.5 Å². The van der Waals surface area contributed by atoms with Gasteiger partial charge in [0.2, 0.25) is 0 Å². The summed E-state index contributed by atoms with van der Waals surface area (Å²) in [7, 11) is 0. The van der Waals surface area contributed by atoms with Crippen molar-refractivity contribution >= 4 is 0 Å². The molecule has 1 heteroatoms. The van der Waals surface area contributed by atoms with Crippen LogP contribution in [0.5, 0.6) is 0 Å². The summed E-state index contributed by atoms with van der Waals surface area (Å²) in [6, 6.07) is 40.7. The molecule has 5 aromatic rings. The van der Waals surface area contributed by atoms with E-state index in [4.69, 9.17) is 4.98 Å². The molecule has 0 fully saturated rings. The molecular weight excluding hydrogens is 386 g/mol. The van der Waals surface area contributed by atoms with Crippen molar-refractivity contribution in [3.63, 3.8) is 0 Å². The molecule has 1 heterocycles. The van der Waals surface area contributed by atoms with Gasteiger partial charge in [0.15, 0.2) is 0 Å². The minimum Gasteiger partial charge on any atom is -0.247 e. The highest BCUT2D eigenvalue weighted by Crippen LogP contribution is 2.36. The van der Waals surface area contributed by atoms with Crippen LogP contribution in [-0.4, -0.2) is 4.98 Å². The number of nitrogens with zero attached hydrogens (tertiary/aromatic N) is 1. The predicted octanol–water partition coefficient (Wildman–Crippen LogP) is 8.37. The van der Waals surface area contributed by atoms with Crippen LogP contribution < -0.4 is 0 Å². The maximum absolute atomic E-state index is 5.11. The Morgan fingerprint density at radius 2 is 1.06 bits per heavy atom. The maximum Gasteiger partial charge on any atom is 0.0744 e. The van der Waals surface area contributed by atoms with Crippen molar-refractivity contribution in [2.45, 2.75) is 13.8 Å². The third kappa shape index (κ3) is 3.98. The summed E-state index contributed by atoms with van der Waals surface area (Å²) >= 11 is 0. The van der Waals surface area contributed by atoms with Gasteiger partial charge in [-0.3, -0.25) is 0 Å². The number of benzene rings is 4. The number of aromatic nitrogens is 1. The molecule has 0 atom stereocenters. The van der Waals surface area contributed by atoms with Gasteiger partial charge < -0.3 is 0 Å². The first-order valence-corrected chi connectivity index (χ1v) is 11.0. The molecule has 4 aromatic carbocycles. The third-order valence-electron chi connectivity index (χ3n) is 5.95. The first-order chi connectivity index (χ1) is 15.7. The zero-order chi connectivity index (χ0) is 21.9. The Morgan fingerprint density at radius 3 is 1.75 bits per heavy atom. The highest BCUT2D eigenvalue weighted by Gasteiger charge is 2.14. The van der Waals surface area contributed by atoms with Gasteiger partial charge in [0.25, 0.3) is 0 Å². The van der Waals surface area contributed by atoms with Crippen molar-refractivity contribution in [1.82, 2.24) is 4.98 Å². The van der Waals surface area contributed by atoms with E-state index < -0.39 is 0 Å². The van der Waals surface area contributed by atoms with Crippen LogP contribution in [0.3, 0.4) is 0 Å². The van der Waals surface area contributed by atoms with E-state index in [2.05, 4.69) is 123 Å². The Hall–Kier alpha value is -3.97. The Kier molecular flexibility index (Phi) is 5.39. The minimum absolute atomic E-state index is 0.992. The lowest BCUT2D eigenvalue weighted by atomic mass is 9.92. The van der Waals surface area contributed by atoms with Gasteiger partial charge in [0.1, 0.15) is 0 Å². The molecule has 0 N–H and O–H groups in total. The lowest BCUT2D eigenvalue weighted by Gasteiger charge is -2.16. The van der Waals surface area contributed by atoms with Gasteiger partial charge in [-0.25, -0.2) is 4.98 Å². The zero-order valence-electron chi connectivity index (χ0n) is 18.4. The summed E-state index contributed by atoms with van der Waals surface area (Å²) in [6.45, 7) is 4.30. The molecule has 0 aliphatic carbocycles. The second kappa shape index (κ2) is 8.64. The largest absolute Gasteiger partial charge is 0.247 e. The van der Waals surface area contributed by atoms with E-state index >= 15 is 0 Å². The lowest BCUT2D eigenvalue weighted by Crippen LogP contribution is -1.96. The molecule has 1 aromatic heterocycles. The van der Waals surface area contributed by atoms with Crippen molar-refractivity contribution in [2.24, 2.45) is 0 Å². The Balaban J connectivity index is 1.71. The fourth-order valence-electron chi connectivity index (χ4n) is 4.16. The fraction of sp³-hybridized carbons (Fsp3) is 0.0645. The van der Waals surface area contributed by atoms with Gasteiger partial charge >= 0.3 is 0 Å². The minimum atomic E-state index is 0.992. The van der Waals surface area contributed by atoms with Crippen LogP contribution in [0.4, 0.5) is 0 Å². The second-order valence-corrected chi connectivity index (χ2v) is 8.21. The SMILES string of the molecule is Cc1ccc(-c2nc(-c3ccccc3)cc(-c3cccc(-c4ccccc4)c3)c2C)cc1. The van der Waals surface area contributed by atoms with Crippen molar-refractivity contribution < 1.29 is 0 Å². The Bertz CT molecular complexity index is 1350. The summed E-state index contributed by atoms with van der Waals surface area (Å²) in [5.41, 5.74) is 11.6. The molecule has 0 saturated carbocycles. The summed E-state index contributed by atoms with van der Waals surface area (Å²) in [5.74, 6) is 0. The number of rotatable bonds is 4. The van der Waals surface area contributed by atoms with Crippen LogP contribution in [0.2, 0.25) is 0 Å². The molecule has 0 amide bonds. The third-order valence-corrected chi connectivity index (χ3v) is 5.95. The van der Waals surface area contributed by atoms with E-state index in [1.807, 2.05) is 6.07 Å². The van der Waals surface area contributed by atoms with Gasteiger partial charge in [-0.15, -0.1) is 0 Å². The highest BCUT2D eigenvalue weighted by atomic mass is 14.7. The monoisotopic (exact) mass is 411 g/mol. The molecule has 154 valence electrons. The van der Waals surface area contributed by atoms with E-state index in [-0.39, 0.29) is 0 Å². The van der Waals surface area contributed by atoms with Gasteiger partial charge in [-0.2, -0.15) is 0 Å². The zero-order valence-corrected chi connectivity index (χ0v) is 18.4. The molecule has 32 heavy (non-hydrogen) atoms. The van der Waals surface area contributed by atoms with Crippen molar-refractivity contribution in [3.8, 4) is 44.8 Å². The summed E-state index contributed by atoms with van der Waals surface area (Å²) in [5, 5.41) is 0. The quantitative estimate of drug-likeness (QED) is 0.289. The molecule has 0 radical (unpaired) electrons. The molecule has 0 aliphatic rings. The average Bonchev–Trinajstić information content (AvgIpc) is 2.86. The number of pyridine rings is 1. The van der Waals surface area contributed by atoms with Gasteiger partial charge in [-0.1, -0.05) is 109 Å². The van der Waals surface area contributed by atoms with Crippen molar-refractivity contribution in [2.75, 3.05) is 0 Å². The predicted molar refractivity (Wildman–Crippen MR) is 135 cm³/mol. The molecule has 0 bridgehead atoms.